The van der Waals surface area contributed by atoms with Crippen LogP contribution < -0.4 is 5.32 Å². The van der Waals surface area contributed by atoms with E-state index in [2.05, 4.69) is 35.6 Å². The van der Waals surface area contributed by atoms with Crippen molar-refractivity contribution in [2.24, 2.45) is 4.99 Å². The average molecular weight is 282 g/mol. The fourth-order valence-electron chi connectivity index (χ4n) is 1.46. The summed E-state index contributed by atoms with van der Waals surface area (Å²) in [5.74, 6) is 0.798. The number of guanidine groups is 1. The molecule has 0 rings (SSSR count). The highest BCUT2D eigenvalue weighted by molar-refractivity contribution is 5.84. The van der Waals surface area contributed by atoms with Gasteiger partial charge in [0, 0.05) is 33.7 Å². The first-order valence-electron chi connectivity index (χ1n) is 7.25. The van der Waals surface area contributed by atoms with E-state index in [1.807, 2.05) is 13.1 Å². The van der Waals surface area contributed by atoms with Crippen LogP contribution in [-0.4, -0.2) is 61.9 Å². The Balaban J connectivity index is 4.64. The summed E-state index contributed by atoms with van der Waals surface area (Å²) in [6.07, 6.45) is 4.95. The van der Waals surface area contributed by atoms with Gasteiger partial charge in [0.1, 0.15) is 6.54 Å². The number of allylic oxidation sites excluding steroid dienone is 1. The van der Waals surface area contributed by atoms with Crippen molar-refractivity contribution in [3.05, 3.63) is 12.7 Å². The number of likely N-dealkylation sites (N-methyl/N-ethyl adjacent to an activating group) is 1. The second-order valence-electron chi connectivity index (χ2n) is 5.23. The molecular weight excluding hydrogens is 252 g/mol. The van der Waals surface area contributed by atoms with Gasteiger partial charge in [0.05, 0.1) is 0 Å². The zero-order valence-electron chi connectivity index (χ0n) is 13.6. The smallest absolute Gasteiger partial charge is 0.243 e. The SMILES string of the molecule is C=CCCCN(C)C(=NCC(=O)N(C)C)NC(C)CC. The number of unbranched alkanes of at least 4 members (excludes halogenated alkanes) is 1. The van der Waals surface area contributed by atoms with Crippen LogP contribution in [0.1, 0.15) is 33.1 Å². The van der Waals surface area contributed by atoms with Crippen molar-refractivity contribution < 1.29 is 4.79 Å². The van der Waals surface area contributed by atoms with Crippen LogP contribution in [0.2, 0.25) is 0 Å². The monoisotopic (exact) mass is 282 g/mol. The number of aliphatic imine (C=N–C) groups is 1. The lowest BCUT2D eigenvalue weighted by Crippen LogP contribution is -2.44. The number of nitrogens with zero attached hydrogens (tertiary/aromatic N) is 3. The minimum Gasteiger partial charge on any atom is -0.354 e. The summed E-state index contributed by atoms with van der Waals surface area (Å²) in [4.78, 5) is 19.7. The van der Waals surface area contributed by atoms with E-state index in [9.17, 15) is 4.79 Å². The van der Waals surface area contributed by atoms with E-state index in [4.69, 9.17) is 0 Å². The molecular formula is C15H30N4O. The first kappa shape index (κ1) is 18.5. The van der Waals surface area contributed by atoms with Crippen molar-refractivity contribution in [3.8, 4) is 0 Å². The summed E-state index contributed by atoms with van der Waals surface area (Å²) in [5, 5.41) is 3.37. The molecule has 0 saturated carbocycles. The summed E-state index contributed by atoms with van der Waals surface area (Å²) in [7, 11) is 5.48. The van der Waals surface area contributed by atoms with Crippen LogP contribution in [0.25, 0.3) is 0 Å². The van der Waals surface area contributed by atoms with Gasteiger partial charge in [-0.05, 0) is 26.2 Å². The minimum atomic E-state index is 0.00735. The molecule has 116 valence electrons. The first-order valence-corrected chi connectivity index (χ1v) is 7.25. The highest BCUT2D eigenvalue weighted by Gasteiger charge is 2.10. The van der Waals surface area contributed by atoms with Crippen LogP contribution in [0.3, 0.4) is 0 Å². The number of amides is 1. The number of rotatable bonds is 8. The molecule has 0 aliphatic carbocycles. The van der Waals surface area contributed by atoms with Crippen molar-refractivity contribution in [2.75, 3.05) is 34.2 Å². The van der Waals surface area contributed by atoms with Crippen LogP contribution >= 0.6 is 0 Å². The molecule has 0 aliphatic rings. The maximum atomic E-state index is 11.6. The Labute approximate surface area is 123 Å². The molecule has 1 amide bonds. The molecule has 0 aliphatic heterocycles. The quantitative estimate of drug-likeness (QED) is 0.319. The van der Waals surface area contributed by atoms with Crippen LogP contribution in [0.15, 0.2) is 17.6 Å². The molecule has 0 spiro atoms. The van der Waals surface area contributed by atoms with Crippen molar-refractivity contribution in [3.63, 3.8) is 0 Å². The molecule has 0 saturated heterocycles. The number of carbonyl (C=O) groups is 1. The fourth-order valence-corrected chi connectivity index (χ4v) is 1.46. The Kier molecular flexibility index (Phi) is 9.51. The molecule has 1 N–H and O–H groups in total. The maximum absolute atomic E-state index is 11.6. The normalized spacial score (nSPS) is 12.8. The Morgan fingerprint density at radius 2 is 2.05 bits per heavy atom. The summed E-state index contributed by atoms with van der Waals surface area (Å²) >= 11 is 0. The van der Waals surface area contributed by atoms with Gasteiger partial charge in [-0.1, -0.05) is 13.0 Å². The Bertz CT molecular complexity index is 326. The largest absolute Gasteiger partial charge is 0.354 e. The van der Waals surface area contributed by atoms with Crippen molar-refractivity contribution >= 4 is 11.9 Å². The number of carbonyl (C=O) groups excluding carboxylic acids is 1. The van der Waals surface area contributed by atoms with Gasteiger partial charge in [0.15, 0.2) is 5.96 Å². The van der Waals surface area contributed by atoms with Crippen LogP contribution in [0.4, 0.5) is 0 Å². The van der Waals surface area contributed by atoms with E-state index >= 15 is 0 Å². The van der Waals surface area contributed by atoms with E-state index in [1.54, 1.807) is 19.0 Å². The lowest BCUT2D eigenvalue weighted by molar-refractivity contribution is -0.127. The third-order valence-corrected chi connectivity index (χ3v) is 3.11. The molecule has 20 heavy (non-hydrogen) atoms. The van der Waals surface area contributed by atoms with Gasteiger partial charge >= 0.3 is 0 Å². The summed E-state index contributed by atoms with van der Waals surface area (Å²) in [6, 6.07) is 0.338. The molecule has 0 aromatic carbocycles. The van der Waals surface area contributed by atoms with Crippen LogP contribution in [-0.2, 0) is 4.79 Å². The third-order valence-electron chi connectivity index (χ3n) is 3.11. The summed E-state index contributed by atoms with van der Waals surface area (Å²) < 4.78 is 0. The molecule has 0 bridgehead atoms. The van der Waals surface area contributed by atoms with E-state index in [0.717, 1.165) is 31.8 Å². The lowest BCUT2D eigenvalue weighted by atomic mass is 10.2. The second-order valence-corrected chi connectivity index (χ2v) is 5.23. The highest BCUT2D eigenvalue weighted by atomic mass is 16.2. The van der Waals surface area contributed by atoms with Crippen molar-refractivity contribution in [1.82, 2.24) is 15.1 Å². The van der Waals surface area contributed by atoms with E-state index < -0.39 is 0 Å². The molecule has 0 fully saturated rings. The van der Waals surface area contributed by atoms with Gasteiger partial charge in [-0.2, -0.15) is 0 Å². The molecule has 0 aromatic rings. The van der Waals surface area contributed by atoms with Gasteiger partial charge < -0.3 is 15.1 Å². The average Bonchev–Trinajstić information content (AvgIpc) is 2.42. The van der Waals surface area contributed by atoms with Crippen LogP contribution in [0, 0.1) is 0 Å². The van der Waals surface area contributed by atoms with E-state index in [0.29, 0.717) is 6.04 Å². The highest BCUT2D eigenvalue weighted by Crippen LogP contribution is 1.97. The van der Waals surface area contributed by atoms with E-state index in [1.165, 1.54) is 0 Å². The molecule has 0 radical (unpaired) electrons. The predicted molar refractivity (Wildman–Crippen MR) is 85.9 cm³/mol. The Morgan fingerprint density at radius 3 is 2.55 bits per heavy atom. The number of nitrogens with one attached hydrogen (secondary N) is 1. The number of hydrogen-bond donors (Lipinski definition) is 1. The van der Waals surface area contributed by atoms with Crippen LogP contribution in [0.5, 0.6) is 0 Å². The van der Waals surface area contributed by atoms with Gasteiger partial charge in [0.2, 0.25) is 5.91 Å². The van der Waals surface area contributed by atoms with Gasteiger partial charge in [0.25, 0.3) is 0 Å². The first-order chi connectivity index (χ1) is 9.42. The lowest BCUT2D eigenvalue weighted by Gasteiger charge is -2.25. The minimum absolute atomic E-state index is 0.00735. The topological polar surface area (TPSA) is 47.9 Å². The standard InChI is InChI=1S/C15H30N4O/c1-7-9-10-11-19(6)15(17-13(3)8-2)16-12-14(20)18(4)5/h7,13H,1,8-12H2,2-6H3,(H,16,17). The van der Waals surface area contributed by atoms with Gasteiger partial charge in [-0.15, -0.1) is 6.58 Å². The Morgan fingerprint density at radius 1 is 1.40 bits per heavy atom. The summed E-state index contributed by atoms with van der Waals surface area (Å²) in [5.41, 5.74) is 0. The van der Waals surface area contributed by atoms with Crippen molar-refractivity contribution in [1.29, 1.82) is 0 Å². The molecule has 5 nitrogen and oxygen atoms in total. The Hall–Kier alpha value is -1.52. The predicted octanol–water partition coefficient (Wildman–Crippen LogP) is 1.72. The van der Waals surface area contributed by atoms with Crippen molar-refractivity contribution in [2.45, 2.75) is 39.2 Å². The summed E-state index contributed by atoms with van der Waals surface area (Å²) in [6.45, 7) is 9.03. The van der Waals surface area contributed by atoms with Gasteiger partial charge in [-0.3, -0.25) is 4.79 Å². The molecule has 1 unspecified atom stereocenters. The zero-order valence-corrected chi connectivity index (χ0v) is 13.6. The molecule has 5 heteroatoms. The maximum Gasteiger partial charge on any atom is 0.243 e. The molecule has 1 atom stereocenters. The third kappa shape index (κ3) is 7.81. The molecule has 0 aromatic heterocycles. The van der Waals surface area contributed by atoms with Gasteiger partial charge in [-0.25, -0.2) is 4.99 Å². The second kappa shape index (κ2) is 10.3. The van der Waals surface area contributed by atoms with E-state index in [-0.39, 0.29) is 12.5 Å². The fraction of sp³-hybridized carbons (Fsp3) is 0.733. The zero-order chi connectivity index (χ0) is 15.5. The molecule has 0 heterocycles. The number of hydrogen-bond acceptors (Lipinski definition) is 2.